The molecule has 0 aliphatic rings. The summed E-state index contributed by atoms with van der Waals surface area (Å²) in [5.41, 5.74) is -1.95. The molecule has 0 aliphatic carbocycles. The van der Waals surface area contributed by atoms with E-state index in [-0.39, 0.29) is 12.1 Å². The quantitative estimate of drug-likeness (QED) is 0.870. The van der Waals surface area contributed by atoms with Crippen molar-refractivity contribution in [2.24, 2.45) is 0 Å². The molecule has 0 saturated carbocycles. The highest BCUT2D eigenvalue weighted by Crippen LogP contribution is 2.32. The third kappa shape index (κ3) is 4.10. The van der Waals surface area contributed by atoms with Crippen LogP contribution in [0.3, 0.4) is 0 Å². The minimum absolute atomic E-state index is 0.151. The van der Waals surface area contributed by atoms with Gasteiger partial charge in [-0.15, -0.1) is 0 Å². The molecule has 1 amide bonds. The number of hydrogen-bond donors (Lipinski definition) is 1. The maximum Gasteiger partial charge on any atom is 0.417 e. The number of aromatic nitrogens is 2. The van der Waals surface area contributed by atoms with Gasteiger partial charge in [-0.25, -0.2) is 4.39 Å². The van der Waals surface area contributed by atoms with E-state index in [1.807, 2.05) is 0 Å². The highest BCUT2D eigenvalue weighted by atomic mass is 19.4. The Hall–Kier alpha value is -2.89. The van der Waals surface area contributed by atoms with Gasteiger partial charge in [-0.05, 0) is 25.1 Å². The lowest BCUT2D eigenvalue weighted by Gasteiger charge is -2.15. The second-order valence-corrected chi connectivity index (χ2v) is 5.13. The van der Waals surface area contributed by atoms with E-state index < -0.39 is 35.1 Å². The molecule has 2 aromatic rings. The van der Waals surface area contributed by atoms with Crippen molar-refractivity contribution in [2.75, 3.05) is 0 Å². The highest BCUT2D eigenvalue weighted by Gasteiger charge is 2.34. The fourth-order valence-corrected chi connectivity index (χ4v) is 2.09. The first-order chi connectivity index (χ1) is 11.2. The van der Waals surface area contributed by atoms with E-state index in [0.29, 0.717) is 6.07 Å². The summed E-state index contributed by atoms with van der Waals surface area (Å²) in [6, 6.07) is 3.67. The Morgan fingerprint density at radius 1 is 1.46 bits per heavy atom. The maximum absolute atomic E-state index is 12.9. The first-order valence-corrected chi connectivity index (χ1v) is 6.81. The zero-order chi connectivity index (χ0) is 17.9. The number of halogens is 4. The van der Waals surface area contributed by atoms with Crippen molar-refractivity contribution in [3.63, 3.8) is 0 Å². The van der Waals surface area contributed by atoms with E-state index in [9.17, 15) is 22.4 Å². The van der Waals surface area contributed by atoms with Crippen LogP contribution in [0.4, 0.5) is 17.6 Å². The topological polar surface area (TPSA) is 70.7 Å². The second-order valence-electron chi connectivity index (χ2n) is 5.13. The third-order valence-corrected chi connectivity index (χ3v) is 3.15. The van der Waals surface area contributed by atoms with Crippen LogP contribution >= 0.6 is 0 Å². The molecule has 9 heteroatoms. The van der Waals surface area contributed by atoms with Gasteiger partial charge in [0.15, 0.2) is 5.82 Å². The molecule has 24 heavy (non-hydrogen) atoms. The third-order valence-electron chi connectivity index (χ3n) is 3.15. The molecular weight excluding hydrogens is 328 g/mol. The average molecular weight is 340 g/mol. The molecular formula is C15H12F4N4O. The van der Waals surface area contributed by atoms with Crippen LogP contribution in [-0.4, -0.2) is 21.7 Å². The summed E-state index contributed by atoms with van der Waals surface area (Å²) >= 11 is 0. The van der Waals surface area contributed by atoms with Gasteiger partial charge in [-0.2, -0.15) is 23.5 Å². The van der Waals surface area contributed by atoms with Crippen LogP contribution in [0.5, 0.6) is 0 Å². The van der Waals surface area contributed by atoms with E-state index >= 15 is 0 Å². The van der Waals surface area contributed by atoms with Crippen LogP contribution in [-0.2, 0) is 12.7 Å². The van der Waals surface area contributed by atoms with E-state index in [2.05, 4.69) is 10.4 Å². The largest absolute Gasteiger partial charge is 0.417 e. The van der Waals surface area contributed by atoms with Gasteiger partial charge in [-0.1, -0.05) is 0 Å². The molecule has 0 unspecified atom stereocenters. The summed E-state index contributed by atoms with van der Waals surface area (Å²) in [5.74, 6) is -1.26. The fourth-order valence-electron chi connectivity index (χ4n) is 2.09. The molecule has 1 aromatic carbocycles. The summed E-state index contributed by atoms with van der Waals surface area (Å²) in [4.78, 5) is 12.1. The SMILES string of the molecule is C[C@@H](Cn1cc(F)cn1)NC(=O)c1ccc(C#N)c(C(F)(F)F)c1. The Bertz CT molecular complexity index is 792. The van der Waals surface area contributed by atoms with Gasteiger partial charge in [0.05, 0.1) is 36.1 Å². The summed E-state index contributed by atoms with van der Waals surface area (Å²) in [6.07, 6.45) is -2.60. The minimum Gasteiger partial charge on any atom is -0.348 e. The number of carbonyl (C=O) groups is 1. The standard InChI is InChI=1S/C15H12F4N4O/c1-9(7-23-8-12(16)6-21-23)22-14(24)10-2-3-11(5-20)13(4-10)15(17,18)19/h2-4,6,8-9H,7H2,1H3,(H,22,24)/t9-/m0/s1. The minimum atomic E-state index is -4.74. The highest BCUT2D eigenvalue weighted by molar-refractivity contribution is 5.94. The van der Waals surface area contributed by atoms with Gasteiger partial charge in [0.2, 0.25) is 0 Å². The summed E-state index contributed by atoms with van der Waals surface area (Å²) in [5, 5.41) is 14.9. The monoisotopic (exact) mass is 340 g/mol. The van der Waals surface area contributed by atoms with E-state index in [1.165, 1.54) is 10.8 Å². The van der Waals surface area contributed by atoms with Crippen LogP contribution in [0.1, 0.15) is 28.4 Å². The molecule has 0 saturated heterocycles. The van der Waals surface area contributed by atoms with Gasteiger partial charge in [0, 0.05) is 11.6 Å². The number of benzene rings is 1. The Morgan fingerprint density at radius 2 is 2.17 bits per heavy atom. The zero-order valence-electron chi connectivity index (χ0n) is 12.4. The summed E-state index contributed by atoms with van der Waals surface area (Å²) < 4.78 is 52.8. The van der Waals surface area contributed by atoms with Gasteiger partial charge < -0.3 is 5.32 Å². The van der Waals surface area contributed by atoms with Gasteiger partial charge in [0.25, 0.3) is 5.91 Å². The lowest BCUT2D eigenvalue weighted by atomic mass is 10.0. The second kappa shape index (κ2) is 6.70. The Morgan fingerprint density at radius 3 is 2.71 bits per heavy atom. The number of nitrogens with one attached hydrogen (secondary N) is 1. The van der Waals surface area contributed by atoms with Gasteiger partial charge in [0.1, 0.15) is 0 Å². The van der Waals surface area contributed by atoms with E-state index in [4.69, 9.17) is 5.26 Å². The molecule has 0 aliphatic heterocycles. The molecule has 1 N–H and O–H groups in total. The van der Waals surface area contributed by atoms with Crippen molar-refractivity contribution >= 4 is 5.91 Å². The van der Waals surface area contributed by atoms with Crippen LogP contribution in [0.15, 0.2) is 30.6 Å². The van der Waals surface area contributed by atoms with Crippen LogP contribution in [0.25, 0.3) is 0 Å². The molecule has 0 spiro atoms. The first kappa shape index (κ1) is 17.5. The van der Waals surface area contributed by atoms with Crippen LogP contribution in [0.2, 0.25) is 0 Å². The van der Waals surface area contributed by atoms with Gasteiger partial charge >= 0.3 is 6.18 Å². The molecule has 5 nitrogen and oxygen atoms in total. The lowest BCUT2D eigenvalue weighted by molar-refractivity contribution is -0.137. The lowest BCUT2D eigenvalue weighted by Crippen LogP contribution is -2.36. The number of alkyl halides is 3. The van der Waals surface area contributed by atoms with Crippen LogP contribution < -0.4 is 5.32 Å². The first-order valence-electron chi connectivity index (χ1n) is 6.81. The van der Waals surface area contributed by atoms with E-state index in [1.54, 1.807) is 6.92 Å². The predicted molar refractivity (Wildman–Crippen MR) is 75.3 cm³/mol. The average Bonchev–Trinajstić information content (AvgIpc) is 2.90. The molecule has 1 aromatic heterocycles. The molecule has 0 fully saturated rings. The summed E-state index contributed by atoms with van der Waals surface area (Å²) in [7, 11) is 0. The maximum atomic E-state index is 12.9. The molecule has 126 valence electrons. The Kier molecular flexibility index (Phi) is 4.87. The Labute approximate surface area is 134 Å². The van der Waals surface area contributed by atoms with Gasteiger partial charge in [-0.3, -0.25) is 9.48 Å². The van der Waals surface area contributed by atoms with Crippen LogP contribution in [0, 0.1) is 17.1 Å². The van der Waals surface area contributed by atoms with Crippen molar-refractivity contribution in [1.82, 2.24) is 15.1 Å². The number of nitriles is 1. The zero-order valence-corrected chi connectivity index (χ0v) is 12.4. The predicted octanol–water partition coefficient (Wildman–Crippen LogP) is 2.73. The number of rotatable bonds is 4. The number of amides is 1. The number of carbonyl (C=O) groups excluding carboxylic acids is 1. The van der Waals surface area contributed by atoms with Crippen molar-refractivity contribution in [3.8, 4) is 6.07 Å². The van der Waals surface area contributed by atoms with Crippen molar-refractivity contribution in [2.45, 2.75) is 25.7 Å². The van der Waals surface area contributed by atoms with E-state index in [0.717, 1.165) is 24.5 Å². The smallest absolute Gasteiger partial charge is 0.348 e. The fraction of sp³-hybridized carbons (Fsp3) is 0.267. The van der Waals surface area contributed by atoms with Crippen molar-refractivity contribution in [3.05, 3.63) is 53.1 Å². The molecule has 1 heterocycles. The molecule has 1 atom stereocenters. The summed E-state index contributed by atoms with van der Waals surface area (Å²) in [6.45, 7) is 1.75. The van der Waals surface area contributed by atoms with Crippen molar-refractivity contribution in [1.29, 1.82) is 5.26 Å². The molecule has 2 rings (SSSR count). The van der Waals surface area contributed by atoms with Crippen molar-refractivity contribution < 1.29 is 22.4 Å². The number of hydrogen-bond acceptors (Lipinski definition) is 3. The molecule has 0 radical (unpaired) electrons. The normalized spacial score (nSPS) is 12.5. The number of nitrogens with zero attached hydrogens (tertiary/aromatic N) is 3. The molecule has 0 bridgehead atoms. The Balaban J connectivity index is 2.13.